The molecule has 17 heavy (non-hydrogen) atoms. The molecule has 96 valence electrons. The average Bonchev–Trinajstić information content (AvgIpc) is 2.22. The number of benzene rings is 1. The molecule has 1 unspecified atom stereocenters. The maximum Gasteiger partial charge on any atom is 0.127 e. The van der Waals surface area contributed by atoms with Crippen molar-refractivity contribution in [2.75, 3.05) is 6.54 Å². The van der Waals surface area contributed by atoms with Crippen molar-refractivity contribution in [3.8, 4) is 0 Å². The van der Waals surface area contributed by atoms with E-state index in [1.54, 1.807) is 13.0 Å². The van der Waals surface area contributed by atoms with E-state index in [-0.39, 0.29) is 11.7 Å². The molecule has 2 N–H and O–H groups in total. The van der Waals surface area contributed by atoms with Crippen molar-refractivity contribution in [1.82, 2.24) is 5.32 Å². The summed E-state index contributed by atoms with van der Waals surface area (Å²) in [4.78, 5) is 0. The summed E-state index contributed by atoms with van der Waals surface area (Å²) in [5.41, 5.74) is 0.920. The summed E-state index contributed by atoms with van der Waals surface area (Å²) < 4.78 is 13.4. The van der Waals surface area contributed by atoms with E-state index < -0.39 is 5.60 Å². The first-order valence-electron chi connectivity index (χ1n) is 6.01. The van der Waals surface area contributed by atoms with Crippen LogP contribution in [0, 0.1) is 18.7 Å². The Bertz CT molecular complexity index is 374. The van der Waals surface area contributed by atoms with Crippen molar-refractivity contribution < 1.29 is 9.50 Å². The second-order valence-corrected chi connectivity index (χ2v) is 5.21. The minimum Gasteiger partial charge on any atom is -0.389 e. The largest absolute Gasteiger partial charge is 0.389 e. The highest BCUT2D eigenvalue weighted by Crippen LogP contribution is 2.15. The molecule has 3 heteroatoms. The molecular formula is C14H22FNO. The van der Waals surface area contributed by atoms with Gasteiger partial charge in [-0.25, -0.2) is 4.39 Å². The number of hydrogen-bond donors (Lipinski definition) is 2. The minimum atomic E-state index is -0.764. The Morgan fingerprint density at radius 1 is 1.41 bits per heavy atom. The molecule has 0 saturated heterocycles. The van der Waals surface area contributed by atoms with Crippen LogP contribution in [-0.2, 0) is 6.54 Å². The van der Waals surface area contributed by atoms with Gasteiger partial charge in [-0.2, -0.15) is 0 Å². The van der Waals surface area contributed by atoms with E-state index in [1.165, 1.54) is 6.07 Å². The second kappa shape index (κ2) is 5.61. The molecule has 0 aliphatic heterocycles. The summed E-state index contributed by atoms with van der Waals surface area (Å²) in [5.74, 6) is -0.0374. The molecule has 1 aromatic rings. The lowest BCUT2D eigenvalue weighted by Gasteiger charge is -2.28. The van der Waals surface area contributed by atoms with E-state index in [4.69, 9.17) is 0 Å². The minimum absolute atomic E-state index is 0.164. The molecule has 0 fully saturated rings. The van der Waals surface area contributed by atoms with E-state index in [0.29, 0.717) is 18.7 Å². The number of nitrogens with one attached hydrogen (secondary N) is 1. The van der Waals surface area contributed by atoms with E-state index in [9.17, 15) is 9.50 Å². The van der Waals surface area contributed by atoms with Crippen molar-refractivity contribution in [1.29, 1.82) is 0 Å². The molecule has 0 radical (unpaired) electrons. The summed E-state index contributed by atoms with van der Waals surface area (Å²) in [6.45, 7) is 8.56. The molecule has 0 saturated carbocycles. The Morgan fingerprint density at radius 2 is 2.06 bits per heavy atom. The van der Waals surface area contributed by atoms with Gasteiger partial charge in [-0.3, -0.25) is 0 Å². The Hall–Kier alpha value is -0.930. The fourth-order valence-corrected chi connectivity index (χ4v) is 1.49. The van der Waals surface area contributed by atoms with Crippen LogP contribution in [0.15, 0.2) is 18.2 Å². The highest BCUT2D eigenvalue weighted by atomic mass is 19.1. The summed E-state index contributed by atoms with van der Waals surface area (Å²) in [7, 11) is 0. The van der Waals surface area contributed by atoms with Gasteiger partial charge in [0.05, 0.1) is 5.60 Å². The fraction of sp³-hybridized carbons (Fsp3) is 0.571. The monoisotopic (exact) mass is 239 g/mol. The summed E-state index contributed by atoms with van der Waals surface area (Å²) >= 11 is 0. The molecule has 1 aromatic carbocycles. The van der Waals surface area contributed by atoms with Gasteiger partial charge in [-0.05, 0) is 25.8 Å². The fourth-order valence-electron chi connectivity index (χ4n) is 1.49. The van der Waals surface area contributed by atoms with Crippen LogP contribution < -0.4 is 5.32 Å². The SMILES string of the molecule is Cc1ccc(F)c(CNCC(C)(O)C(C)C)c1. The van der Waals surface area contributed by atoms with E-state index in [1.807, 2.05) is 26.8 Å². The third-order valence-corrected chi connectivity index (χ3v) is 3.24. The van der Waals surface area contributed by atoms with Crippen molar-refractivity contribution >= 4 is 0 Å². The normalized spacial score (nSPS) is 15.0. The number of aliphatic hydroxyl groups is 1. The van der Waals surface area contributed by atoms with Crippen LogP contribution in [0.25, 0.3) is 0 Å². The van der Waals surface area contributed by atoms with Gasteiger partial charge in [-0.15, -0.1) is 0 Å². The van der Waals surface area contributed by atoms with Gasteiger partial charge in [-0.1, -0.05) is 31.5 Å². The average molecular weight is 239 g/mol. The van der Waals surface area contributed by atoms with Gasteiger partial charge >= 0.3 is 0 Å². The quantitative estimate of drug-likeness (QED) is 0.828. The van der Waals surface area contributed by atoms with Crippen molar-refractivity contribution in [2.45, 2.75) is 39.8 Å². The van der Waals surface area contributed by atoms with Gasteiger partial charge in [0.25, 0.3) is 0 Å². The third-order valence-electron chi connectivity index (χ3n) is 3.24. The van der Waals surface area contributed by atoms with Crippen LogP contribution in [0.3, 0.4) is 0 Å². The summed E-state index contributed by atoms with van der Waals surface area (Å²) in [6, 6.07) is 5.06. The molecule has 1 atom stereocenters. The molecule has 0 amide bonds. The smallest absolute Gasteiger partial charge is 0.127 e. The first-order valence-corrected chi connectivity index (χ1v) is 6.01. The Kier molecular flexibility index (Phi) is 4.66. The number of aryl methyl sites for hydroxylation is 1. The lowest BCUT2D eigenvalue weighted by molar-refractivity contribution is 0.0139. The zero-order chi connectivity index (χ0) is 13.1. The van der Waals surface area contributed by atoms with Gasteiger partial charge in [0.2, 0.25) is 0 Å². The number of hydrogen-bond acceptors (Lipinski definition) is 2. The van der Waals surface area contributed by atoms with Gasteiger partial charge in [0, 0.05) is 18.7 Å². The molecule has 0 aliphatic carbocycles. The molecule has 0 spiro atoms. The maximum absolute atomic E-state index is 13.4. The Morgan fingerprint density at radius 3 is 2.65 bits per heavy atom. The standard InChI is InChI=1S/C14H22FNO/c1-10(2)14(4,17)9-16-8-12-7-11(3)5-6-13(12)15/h5-7,10,16-17H,8-9H2,1-4H3. The van der Waals surface area contributed by atoms with Gasteiger partial charge in [0.1, 0.15) is 5.82 Å². The molecule has 0 aliphatic rings. The van der Waals surface area contributed by atoms with Gasteiger partial charge in [0.15, 0.2) is 0 Å². The van der Waals surface area contributed by atoms with Crippen LogP contribution >= 0.6 is 0 Å². The maximum atomic E-state index is 13.4. The zero-order valence-corrected chi connectivity index (χ0v) is 11.0. The predicted octanol–water partition coefficient (Wildman–Crippen LogP) is 2.63. The first-order chi connectivity index (χ1) is 7.83. The molecule has 0 bridgehead atoms. The Labute approximate surface area is 103 Å². The third kappa shape index (κ3) is 4.10. The summed E-state index contributed by atoms with van der Waals surface area (Å²) in [5, 5.41) is 13.1. The molecule has 0 heterocycles. The van der Waals surface area contributed by atoms with Crippen molar-refractivity contribution in [3.63, 3.8) is 0 Å². The summed E-state index contributed by atoms with van der Waals surface area (Å²) in [6.07, 6.45) is 0. The van der Waals surface area contributed by atoms with Crippen LogP contribution in [-0.4, -0.2) is 17.3 Å². The van der Waals surface area contributed by atoms with Crippen molar-refractivity contribution in [2.24, 2.45) is 5.92 Å². The molecule has 1 rings (SSSR count). The number of halogens is 1. The lowest BCUT2D eigenvalue weighted by Crippen LogP contribution is -2.42. The van der Waals surface area contributed by atoms with Crippen LogP contribution in [0.4, 0.5) is 4.39 Å². The topological polar surface area (TPSA) is 32.3 Å². The number of rotatable bonds is 5. The van der Waals surface area contributed by atoms with Gasteiger partial charge < -0.3 is 10.4 Å². The van der Waals surface area contributed by atoms with Crippen LogP contribution in [0.2, 0.25) is 0 Å². The van der Waals surface area contributed by atoms with Crippen LogP contribution in [0.1, 0.15) is 31.9 Å². The first kappa shape index (κ1) is 14.1. The molecule has 0 aromatic heterocycles. The molecular weight excluding hydrogens is 217 g/mol. The molecule has 2 nitrogen and oxygen atoms in total. The van der Waals surface area contributed by atoms with Crippen molar-refractivity contribution in [3.05, 3.63) is 35.1 Å². The Balaban J connectivity index is 2.54. The zero-order valence-electron chi connectivity index (χ0n) is 11.0. The van der Waals surface area contributed by atoms with Crippen LogP contribution in [0.5, 0.6) is 0 Å². The predicted molar refractivity (Wildman–Crippen MR) is 68.3 cm³/mol. The second-order valence-electron chi connectivity index (χ2n) is 5.21. The van der Waals surface area contributed by atoms with E-state index in [2.05, 4.69) is 5.32 Å². The lowest BCUT2D eigenvalue weighted by atomic mass is 9.92. The van der Waals surface area contributed by atoms with E-state index in [0.717, 1.165) is 5.56 Å². The highest BCUT2D eigenvalue weighted by Gasteiger charge is 2.24. The highest BCUT2D eigenvalue weighted by molar-refractivity contribution is 5.23. The van der Waals surface area contributed by atoms with E-state index >= 15 is 0 Å².